The molecule has 1 aliphatic heterocycles. The highest BCUT2D eigenvalue weighted by molar-refractivity contribution is 6.34. The Morgan fingerprint density at radius 3 is 2.47 bits per heavy atom. The van der Waals surface area contributed by atoms with Gasteiger partial charge in [0.05, 0.1) is 16.7 Å². The molecule has 0 radical (unpaired) electrons. The number of amides is 3. The lowest BCUT2D eigenvalue weighted by atomic mass is 10.1. The molecule has 1 aliphatic rings. The Bertz CT molecular complexity index is 1280. The first-order valence-corrected chi connectivity index (χ1v) is 9.75. The maximum absolute atomic E-state index is 12.7. The summed E-state index contributed by atoms with van der Waals surface area (Å²) in [6.45, 7) is 4.90. The number of anilines is 2. The van der Waals surface area contributed by atoms with E-state index < -0.39 is 30.3 Å². The van der Waals surface area contributed by atoms with Crippen LogP contribution in [0.1, 0.15) is 48.0 Å². The largest absolute Gasteiger partial charge is 0.452 e. The summed E-state index contributed by atoms with van der Waals surface area (Å²) in [4.78, 5) is 50.8. The molecule has 1 aromatic heterocycles. The van der Waals surface area contributed by atoms with E-state index >= 15 is 0 Å². The van der Waals surface area contributed by atoms with Gasteiger partial charge in [0.15, 0.2) is 12.4 Å². The van der Waals surface area contributed by atoms with Gasteiger partial charge in [-0.3, -0.25) is 14.4 Å². The lowest BCUT2D eigenvalue weighted by Gasteiger charge is -2.10. The second-order valence-corrected chi connectivity index (χ2v) is 7.44. The van der Waals surface area contributed by atoms with E-state index in [0.29, 0.717) is 11.4 Å². The van der Waals surface area contributed by atoms with Crippen molar-refractivity contribution in [2.75, 3.05) is 16.8 Å². The Morgan fingerprint density at radius 2 is 1.75 bits per heavy atom. The van der Waals surface area contributed by atoms with Gasteiger partial charge in [-0.2, -0.15) is 0 Å². The lowest BCUT2D eigenvalue weighted by molar-refractivity contribution is -0.119. The number of rotatable bonds is 5. The minimum absolute atomic E-state index is 0.0441. The average molecular weight is 433 g/mol. The predicted octanol–water partition coefficient (Wildman–Crippen LogP) is 3.20. The molecule has 3 amide bonds. The van der Waals surface area contributed by atoms with Crippen molar-refractivity contribution in [2.24, 2.45) is 0 Å². The highest BCUT2D eigenvalue weighted by atomic mass is 16.5. The Kier molecular flexibility index (Phi) is 5.31. The van der Waals surface area contributed by atoms with Crippen molar-refractivity contribution in [3.8, 4) is 0 Å². The lowest BCUT2D eigenvalue weighted by Crippen LogP contribution is -2.29. The second-order valence-electron chi connectivity index (χ2n) is 7.44. The number of nitrogens with zero attached hydrogens (tertiary/aromatic N) is 2. The molecular weight excluding hydrogens is 414 g/mol. The molecule has 9 nitrogen and oxygen atoms in total. The van der Waals surface area contributed by atoms with Gasteiger partial charge in [0, 0.05) is 11.8 Å². The van der Waals surface area contributed by atoms with Crippen molar-refractivity contribution < 1.29 is 28.4 Å². The molecule has 0 spiro atoms. The molecule has 3 aromatic rings. The van der Waals surface area contributed by atoms with Crippen molar-refractivity contribution in [2.45, 2.75) is 20.8 Å². The smallest absolute Gasteiger partial charge is 0.338 e. The van der Waals surface area contributed by atoms with E-state index in [1.165, 1.54) is 24.3 Å². The summed E-state index contributed by atoms with van der Waals surface area (Å²) < 4.78 is 10.0. The number of hydrogen-bond donors (Lipinski definition) is 1. The average Bonchev–Trinajstić information content (AvgIpc) is 3.29. The number of aryl methyl sites for hydroxylation is 3. The van der Waals surface area contributed by atoms with Gasteiger partial charge in [-0.1, -0.05) is 17.3 Å². The molecule has 0 atom stereocenters. The summed E-state index contributed by atoms with van der Waals surface area (Å²) in [5.41, 5.74) is 2.72. The van der Waals surface area contributed by atoms with Crippen LogP contribution in [0.3, 0.4) is 0 Å². The summed E-state index contributed by atoms with van der Waals surface area (Å²) in [6.07, 6.45) is 0. The number of nitrogens with one attached hydrogen (secondary N) is 1. The van der Waals surface area contributed by atoms with Crippen molar-refractivity contribution in [3.05, 3.63) is 76.0 Å². The number of fused-ring (bicyclic) bond motifs is 1. The van der Waals surface area contributed by atoms with Gasteiger partial charge < -0.3 is 14.6 Å². The van der Waals surface area contributed by atoms with E-state index in [2.05, 4.69) is 10.5 Å². The number of ether oxygens (including phenoxy) is 1. The summed E-state index contributed by atoms with van der Waals surface area (Å²) in [6, 6.07) is 11.1. The first kappa shape index (κ1) is 21.0. The van der Waals surface area contributed by atoms with E-state index in [1.54, 1.807) is 6.92 Å². The molecule has 2 heterocycles. The monoisotopic (exact) mass is 433 g/mol. The maximum Gasteiger partial charge on any atom is 0.338 e. The third kappa shape index (κ3) is 3.87. The van der Waals surface area contributed by atoms with Gasteiger partial charge in [0.1, 0.15) is 5.76 Å². The van der Waals surface area contributed by atoms with E-state index in [1.807, 2.05) is 32.0 Å². The molecule has 2 aromatic carbocycles. The summed E-state index contributed by atoms with van der Waals surface area (Å²) in [5, 5.41) is 6.41. The fraction of sp³-hybridized carbons (Fsp3) is 0.174. The van der Waals surface area contributed by atoms with Gasteiger partial charge >= 0.3 is 5.97 Å². The molecule has 0 saturated carbocycles. The number of benzene rings is 2. The minimum atomic E-state index is -0.792. The predicted molar refractivity (Wildman–Crippen MR) is 114 cm³/mol. The zero-order chi connectivity index (χ0) is 23.0. The standard InChI is InChI=1S/C23H19N3O6/c1-12-4-5-13(2)18(8-12)24-20(27)11-31-23(30)15-6-7-16-17(10-15)22(29)26(21(16)28)19-9-14(3)32-25-19/h4-10H,11H2,1-3H3,(H,24,27). The topological polar surface area (TPSA) is 119 Å². The Hall–Kier alpha value is -4.27. The quantitative estimate of drug-likeness (QED) is 0.485. The minimum Gasteiger partial charge on any atom is -0.452 e. The molecule has 0 aliphatic carbocycles. The van der Waals surface area contributed by atoms with Crippen molar-refractivity contribution in [1.29, 1.82) is 0 Å². The number of aromatic nitrogens is 1. The Labute approximate surface area is 182 Å². The first-order valence-electron chi connectivity index (χ1n) is 9.75. The Morgan fingerprint density at radius 1 is 1.00 bits per heavy atom. The molecule has 0 saturated heterocycles. The van der Waals surface area contributed by atoms with Crippen LogP contribution in [0.25, 0.3) is 0 Å². The van der Waals surface area contributed by atoms with Crippen LogP contribution in [0.5, 0.6) is 0 Å². The summed E-state index contributed by atoms with van der Waals surface area (Å²) >= 11 is 0. The number of carbonyl (C=O) groups is 4. The SMILES string of the molecule is Cc1ccc(C)c(NC(=O)COC(=O)c2ccc3c(c2)C(=O)N(c2cc(C)on2)C3=O)c1. The number of carbonyl (C=O) groups excluding carboxylic acids is 4. The zero-order valence-electron chi connectivity index (χ0n) is 17.6. The van der Waals surface area contributed by atoms with Gasteiger partial charge in [0.25, 0.3) is 17.7 Å². The van der Waals surface area contributed by atoms with Crippen molar-refractivity contribution >= 4 is 35.2 Å². The Balaban J connectivity index is 1.44. The third-order valence-corrected chi connectivity index (χ3v) is 4.97. The van der Waals surface area contributed by atoms with Crippen LogP contribution in [0.2, 0.25) is 0 Å². The molecular formula is C23H19N3O6. The van der Waals surface area contributed by atoms with Crippen LogP contribution < -0.4 is 10.2 Å². The van der Waals surface area contributed by atoms with Gasteiger partial charge in [-0.05, 0) is 56.2 Å². The van der Waals surface area contributed by atoms with Crippen LogP contribution in [0, 0.1) is 20.8 Å². The summed E-state index contributed by atoms with van der Waals surface area (Å²) in [7, 11) is 0. The van der Waals surface area contributed by atoms with Crippen LogP contribution >= 0.6 is 0 Å². The molecule has 162 valence electrons. The fourth-order valence-corrected chi connectivity index (χ4v) is 3.31. The maximum atomic E-state index is 12.7. The molecule has 0 bridgehead atoms. The van der Waals surface area contributed by atoms with Gasteiger partial charge in [0.2, 0.25) is 0 Å². The molecule has 9 heteroatoms. The first-order chi connectivity index (χ1) is 15.2. The van der Waals surface area contributed by atoms with Crippen molar-refractivity contribution in [3.63, 3.8) is 0 Å². The van der Waals surface area contributed by atoms with Crippen LogP contribution in [-0.4, -0.2) is 35.5 Å². The fourth-order valence-electron chi connectivity index (χ4n) is 3.31. The van der Waals surface area contributed by atoms with Crippen LogP contribution in [-0.2, 0) is 9.53 Å². The van der Waals surface area contributed by atoms with E-state index in [4.69, 9.17) is 9.26 Å². The molecule has 4 rings (SSSR count). The van der Waals surface area contributed by atoms with E-state index in [0.717, 1.165) is 16.0 Å². The van der Waals surface area contributed by atoms with E-state index in [9.17, 15) is 19.2 Å². The number of imide groups is 1. The van der Waals surface area contributed by atoms with Gasteiger partial charge in [-0.25, -0.2) is 9.69 Å². The third-order valence-electron chi connectivity index (χ3n) is 4.97. The van der Waals surface area contributed by atoms with E-state index in [-0.39, 0.29) is 22.5 Å². The zero-order valence-corrected chi connectivity index (χ0v) is 17.6. The molecule has 1 N–H and O–H groups in total. The number of esters is 1. The van der Waals surface area contributed by atoms with Crippen LogP contribution in [0.15, 0.2) is 47.0 Å². The van der Waals surface area contributed by atoms with Crippen LogP contribution in [0.4, 0.5) is 11.5 Å². The molecule has 32 heavy (non-hydrogen) atoms. The summed E-state index contributed by atoms with van der Waals surface area (Å²) in [5.74, 6) is -1.96. The normalized spacial score (nSPS) is 12.7. The molecule has 0 fully saturated rings. The number of hydrogen-bond acceptors (Lipinski definition) is 7. The second kappa shape index (κ2) is 8.10. The molecule has 0 unspecified atom stereocenters. The van der Waals surface area contributed by atoms with Gasteiger partial charge in [-0.15, -0.1) is 0 Å². The highest BCUT2D eigenvalue weighted by Gasteiger charge is 2.38. The highest BCUT2D eigenvalue weighted by Crippen LogP contribution is 2.29. The van der Waals surface area contributed by atoms with Crippen molar-refractivity contribution in [1.82, 2.24) is 5.16 Å².